The molecule has 0 bridgehead atoms. The second-order valence-electron chi connectivity index (χ2n) is 8.19. The van der Waals surface area contributed by atoms with Crippen LogP contribution in [-0.4, -0.2) is 23.9 Å². The van der Waals surface area contributed by atoms with Crippen molar-refractivity contribution in [1.82, 2.24) is 9.55 Å². The molecule has 0 unspecified atom stereocenters. The maximum Gasteiger partial charge on any atom is 0.262 e. The van der Waals surface area contributed by atoms with E-state index in [-0.39, 0.29) is 29.3 Å². The number of anilines is 1. The molecule has 4 rings (SSSR count). The Labute approximate surface area is 201 Å². The van der Waals surface area contributed by atoms with E-state index in [1.807, 2.05) is 36.6 Å². The van der Waals surface area contributed by atoms with Crippen molar-refractivity contribution in [2.45, 2.75) is 38.6 Å². The Kier molecular flexibility index (Phi) is 6.39. The van der Waals surface area contributed by atoms with Crippen molar-refractivity contribution in [3.8, 4) is 11.1 Å². The Bertz CT molecular complexity index is 1570. The fourth-order valence-corrected chi connectivity index (χ4v) is 5.16. The zero-order valence-electron chi connectivity index (χ0n) is 19.0. The summed E-state index contributed by atoms with van der Waals surface area (Å²) >= 11 is 1.41. The molecule has 8 nitrogen and oxygen atoms in total. The van der Waals surface area contributed by atoms with E-state index in [9.17, 15) is 18.0 Å². The fourth-order valence-electron chi connectivity index (χ4n) is 3.63. The number of aryl methyl sites for hydroxylation is 3. The summed E-state index contributed by atoms with van der Waals surface area (Å²) in [6, 6.07) is 10.7. The van der Waals surface area contributed by atoms with Gasteiger partial charge in [-0.3, -0.25) is 14.2 Å². The summed E-state index contributed by atoms with van der Waals surface area (Å²) in [4.78, 5) is 30.8. The molecule has 0 aliphatic heterocycles. The summed E-state index contributed by atoms with van der Waals surface area (Å²) in [7, 11) is -3.91. The molecule has 34 heavy (non-hydrogen) atoms. The lowest BCUT2D eigenvalue weighted by Crippen LogP contribution is -2.24. The number of fused-ring (bicyclic) bond motifs is 1. The van der Waals surface area contributed by atoms with Gasteiger partial charge in [0.2, 0.25) is 15.9 Å². The van der Waals surface area contributed by atoms with Crippen molar-refractivity contribution in [2.75, 3.05) is 5.32 Å². The fraction of sp³-hybridized carbons (Fsp3) is 0.208. The third-order valence-electron chi connectivity index (χ3n) is 5.75. The van der Waals surface area contributed by atoms with Crippen LogP contribution in [0.15, 0.2) is 57.8 Å². The molecule has 0 aliphatic carbocycles. The first-order valence-electron chi connectivity index (χ1n) is 10.5. The van der Waals surface area contributed by atoms with E-state index in [1.54, 1.807) is 13.8 Å². The van der Waals surface area contributed by atoms with Gasteiger partial charge in [-0.05, 0) is 49.6 Å². The van der Waals surface area contributed by atoms with Crippen molar-refractivity contribution >= 4 is 43.2 Å². The molecule has 0 spiro atoms. The predicted octanol–water partition coefficient (Wildman–Crippen LogP) is 3.73. The summed E-state index contributed by atoms with van der Waals surface area (Å²) in [5, 5.41) is 10.4. The molecule has 2 aromatic heterocycles. The van der Waals surface area contributed by atoms with Crippen LogP contribution in [-0.2, 0) is 21.4 Å². The minimum Gasteiger partial charge on any atom is -0.326 e. The number of primary sulfonamides is 1. The van der Waals surface area contributed by atoms with Gasteiger partial charge in [0, 0.05) is 29.6 Å². The number of nitrogens with one attached hydrogen (secondary N) is 1. The SMILES string of the molecule is Cc1ccc(-c2csc3ncn(CCC(=O)Nc4cc(S(N)(=O)=O)cc(C)c4C)c(=O)c23)cc1. The molecule has 3 N–H and O–H groups in total. The zero-order chi connectivity index (χ0) is 24.6. The number of amides is 1. The van der Waals surface area contributed by atoms with Crippen molar-refractivity contribution in [3.63, 3.8) is 0 Å². The highest BCUT2D eigenvalue weighted by Gasteiger charge is 2.16. The molecule has 0 atom stereocenters. The number of aromatic nitrogens is 2. The second kappa shape index (κ2) is 9.13. The maximum absolute atomic E-state index is 13.2. The molecule has 176 valence electrons. The van der Waals surface area contributed by atoms with Crippen LogP contribution in [0.2, 0.25) is 0 Å². The molecule has 2 aromatic carbocycles. The number of carbonyl (C=O) groups is 1. The summed E-state index contributed by atoms with van der Waals surface area (Å²) in [6.07, 6.45) is 1.46. The minimum absolute atomic E-state index is 0.00911. The smallest absolute Gasteiger partial charge is 0.262 e. The molecular weight excluding hydrogens is 472 g/mol. The third kappa shape index (κ3) is 4.79. The second-order valence-corrected chi connectivity index (χ2v) is 10.6. The predicted molar refractivity (Wildman–Crippen MR) is 135 cm³/mol. The number of nitrogens with two attached hydrogens (primary N) is 1. The number of carbonyl (C=O) groups excluding carboxylic acids is 1. The highest BCUT2D eigenvalue weighted by Crippen LogP contribution is 2.30. The lowest BCUT2D eigenvalue weighted by atomic mass is 10.1. The van der Waals surface area contributed by atoms with Crippen molar-refractivity contribution in [3.05, 3.63) is 75.1 Å². The largest absolute Gasteiger partial charge is 0.326 e. The van der Waals surface area contributed by atoms with Crippen LogP contribution in [0.1, 0.15) is 23.1 Å². The minimum atomic E-state index is -3.91. The molecule has 0 fully saturated rings. The van der Waals surface area contributed by atoms with Gasteiger partial charge in [-0.1, -0.05) is 29.8 Å². The number of thiophene rings is 1. The van der Waals surface area contributed by atoms with Gasteiger partial charge >= 0.3 is 0 Å². The Balaban J connectivity index is 1.56. The molecule has 0 radical (unpaired) electrons. The van der Waals surface area contributed by atoms with Gasteiger partial charge < -0.3 is 5.32 Å². The summed E-state index contributed by atoms with van der Waals surface area (Å²) < 4.78 is 24.9. The Morgan fingerprint density at radius 1 is 1.15 bits per heavy atom. The van der Waals surface area contributed by atoms with Gasteiger partial charge in [0.25, 0.3) is 5.56 Å². The molecule has 0 saturated carbocycles. The highest BCUT2D eigenvalue weighted by molar-refractivity contribution is 7.89. The first-order valence-corrected chi connectivity index (χ1v) is 12.9. The summed E-state index contributed by atoms with van der Waals surface area (Å²) in [6.45, 7) is 5.66. The molecule has 4 aromatic rings. The van der Waals surface area contributed by atoms with E-state index < -0.39 is 10.0 Å². The van der Waals surface area contributed by atoms with Gasteiger partial charge in [-0.25, -0.2) is 18.5 Å². The lowest BCUT2D eigenvalue weighted by molar-refractivity contribution is -0.116. The quantitative estimate of drug-likeness (QED) is 0.421. The van der Waals surface area contributed by atoms with Crippen molar-refractivity contribution in [1.29, 1.82) is 0 Å². The Morgan fingerprint density at radius 2 is 1.85 bits per heavy atom. The number of benzene rings is 2. The van der Waals surface area contributed by atoms with Crippen LogP contribution in [0.4, 0.5) is 5.69 Å². The van der Waals surface area contributed by atoms with Gasteiger partial charge in [0.15, 0.2) is 0 Å². The van der Waals surface area contributed by atoms with E-state index >= 15 is 0 Å². The molecule has 0 aliphatic rings. The van der Waals surface area contributed by atoms with Gasteiger partial charge in [0.1, 0.15) is 4.83 Å². The first-order chi connectivity index (χ1) is 16.0. The lowest BCUT2D eigenvalue weighted by Gasteiger charge is -2.13. The van der Waals surface area contributed by atoms with E-state index in [0.29, 0.717) is 21.5 Å². The number of hydrogen-bond donors (Lipinski definition) is 2. The van der Waals surface area contributed by atoms with Crippen LogP contribution >= 0.6 is 11.3 Å². The zero-order valence-corrected chi connectivity index (χ0v) is 20.6. The average Bonchev–Trinajstić information content (AvgIpc) is 3.21. The van der Waals surface area contributed by atoms with E-state index in [2.05, 4.69) is 10.3 Å². The normalized spacial score (nSPS) is 11.6. The average molecular weight is 497 g/mol. The number of rotatable bonds is 6. The van der Waals surface area contributed by atoms with E-state index in [4.69, 9.17) is 5.14 Å². The number of sulfonamides is 1. The van der Waals surface area contributed by atoms with Crippen LogP contribution in [0.5, 0.6) is 0 Å². The summed E-state index contributed by atoms with van der Waals surface area (Å²) in [5.74, 6) is -0.356. The monoisotopic (exact) mass is 496 g/mol. The van der Waals surface area contributed by atoms with Crippen molar-refractivity contribution in [2.24, 2.45) is 5.14 Å². The maximum atomic E-state index is 13.2. The van der Waals surface area contributed by atoms with Gasteiger partial charge in [-0.2, -0.15) is 0 Å². The van der Waals surface area contributed by atoms with Gasteiger partial charge in [-0.15, -0.1) is 11.3 Å². The van der Waals surface area contributed by atoms with Gasteiger partial charge in [0.05, 0.1) is 16.6 Å². The Morgan fingerprint density at radius 3 is 2.53 bits per heavy atom. The number of hydrogen-bond acceptors (Lipinski definition) is 6. The first kappa shape index (κ1) is 23.8. The van der Waals surface area contributed by atoms with Crippen LogP contribution in [0.3, 0.4) is 0 Å². The molecular formula is C24H24N4O4S2. The van der Waals surface area contributed by atoms with Crippen LogP contribution in [0.25, 0.3) is 21.3 Å². The molecule has 2 heterocycles. The van der Waals surface area contributed by atoms with Crippen LogP contribution < -0.4 is 16.0 Å². The standard InChI is InChI=1S/C24H24N4O4S2/c1-14-4-6-17(7-5-14)19-12-33-23-22(19)24(30)28(13-26-23)9-8-21(29)27-20-11-18(34(25,31)32)10-15(2)16(20)3/h4-7,10-13H,8-9H2,1-3H3,(H,27,29)(H2,25,31,32). The van der Waals surface area contributed by atoms with Crippen molar-refractivity contribution < 1.29 is 13.2 Å². The topological polar surface area (TPSA) is 124 Å². The van der Waals surface area contributed by atoms with Crippen LogP contribution in [0, 0.1) is 20.8 Å². The van der Waals surface area contributed by atoms with E-state index in [1.165, 1.54) is 34.4 Å². The number of nitrogens with zero attached hydrogens (tertiary/aromatic N) is 2. The molecule has 10 heteroatoms. The molecule has 1 amide bonds. The third-order valence-corrected chi connectivity index (χ3v) is 7.53. The highest BCUT2D eigenvalue weighted by atomic mass is 32.2. The molecule has 0 saturated heterocycles. The Hall–Kier alpha value is -3.34. The van der Waals surface area contributed by atoms with E-state index in [0.717, 1.165) is 22.3 Å². The summed E-state index contributed by atoms with van der Waals surface area (Å²) in [5.41, 5.74) is 4.47.